The largest absolute Gasteiger partial charge is 0.493 e. The maximum Gasteiger partial charge on any atom is 0.166 e. The Bertz CT molecular complexity index is 679. The number of hydrogen-bond donors (Lipinski definition) is 1. The smallest absolute Gasteiger partial charge is 0.166 e. The van der Waals surface area contributed by atoms with Crippen LogP contribution in [0.25, 0.3) is 0 Å². The molecule has 1 N–H and O–H groups in total. The highest BCUT2D eigenvalue weighted by molar-refractivity contribution is 6.30. The maximum absolute atomic E-state index is 6.14. The Kier molecular flexibility index (Phi) is 7.22. The molecule has 0 aromatic heterocycles. The Morgan fingerprint density at radius 3 is 2.42 bits per heavy atom. The first-order chi connectivity index (χ1) is 12.8. The van der Waals surface area contributed by atoms with Gasteiger partial charge in [0.2, 0.25) is 0 Å². The van der Waals surface area contributed by atoms with Crippen LogP contribution < -0.4 is 14.8 Å². The van der Waals surface area contributed by atoms with E-state index in [9.17, 15) is 0 Å². The number of benzene rings is 2. The van der Waals surface area contributed by atoms with Gasteiger partial charge < -0.3 is 14.8 Å². The molecule has 0 amide bonds. The second-order valence-electron chi connectivity index (χ2n) is 6.93. The first-order valence-corrected chi connectivity index (χ1v) is 9.90. The third kappa shape index (κ3) is 5.39. The number of hydrogen-bond acceptors (Lipinski definition) is 3. The first-order valence-electron chi connectivity index (χ1n) is 9.53. The van der Waals surface area contributed by atoms with Gasteiger partial charge in [-0.25, -0.2) is 0 Å². The lowest BCUT2D eigenvalue weighted by atomic mass is 10.1. The van der Waals surface area contributed by atoms with Crippen LogP contribution in [0.5, 0.6) is 11.5 Å². The molecule has 0 saturated heterocycles. The van der Waals surface area contributed by atoms with Gasteiger partial charge in [-0.1, -0.05) is 61.5 Å². The van der Waals surface area contributed by atoms with Gasteiger partial charge in [0.1, 0.15) is 6.61 Å². The third-order valence-corrected chi connectivity index (χ3v) is 5.27. The van der Waals surface area contributed by atoms with E-state index in [-0.39, 0.29) is 0 Å². The standard InChI is InChI=1S/C22H28ClNO2/c1-25-21-10-6-7-18(15-24-20-8-4-2-3-5-9-20)22(21)26-16-17-11-13-19(23)14-12-17/h6-7,10-14,20,24H,2-5,8-9,15-16H2,1H3. The van der Waals surface area contributed by atoms with Gasteiger partial charge in [0.15, 0.2) is 11.5 Å². The van der Waals surface area contributed by atoms with Crippen molar-refractivity contribution < 1.29 is 9.47 Å². The second-order valence-corrected chi connectivity index (χ2v) is 7.37. The van der Waals surface area contributed by atoms with E-state index in [0.717, 1.165) is 34.2 Å². The van der Waals surface area contributed by atoms with Gasteiger partial charge in [-0.15, -0.1) is 0 Å². The van der Waals surface area contributed by atoms with Crippen molar-refractivity contribution in [2.45, 2.75) is 57.7 Å². The minimum absolute atomic E-state index is 0.494. The molecule has 0 aliphatic heterocycles. The van der Waals surface area contributed by atoms with Gasteiger partial charge in [-0.05, 0) is 36.6 Å². The number of ether oxygens (including phenoxy) is 2. The summed E-state index contributed by atoms with van der Waals surface area (Å²) in [7, 11) is 1.69. The second kappa shape index (κ2) is 9.84. The van der Waals surface area contributed by atoms with Crippen molar-refractivity contribution in [2.24, 2.45) is 0 Å². The Balaban J connectivity index is 1.67. The molecule has 2 aromatic rings. The van der Waals surface area contributed by atoms with Gasteiger partial charge in [-0.3, -0.25) is 0 Å². The summed E-state index contributed by atoms with van der Waals surface area (Å²) in [5, 5.41) is 4.46. The number of methoxy groups -OCH3 is 1. The third-order valence-electron chi connectivity index (χ3n) is 5.01. The summed E-state index contributed by atoms with van der Waals surface area (Å²) in [5.41, 5.74) is 2.23. The van der Waals surface area contributed by atoms with E-state index in [2.05, 4.69) is 11.4 Å². The highest BCUT2D eigenvalue weighted by atomic mass is 35.5. The fraction of sp³-hybridized carbons (Fsp3) is 0.455. The Morgan fingerprint density at radius 2 is 1.73 bits per heavy atom. The van der Waals surface area contributed by atoms with Crippen LogP contribution in [-0.2, 0) is 13.2 Å². The molecule has 26 heavy (non-hydrogen) atoms. The zero-order chi connectivity index (χ0) is 18.2. The molecule has 1 fully saturated rings. The van der Waals surface area contributed by atoms with Crippen LogP contribution in [0.3, 0.4) is 0 Å². The summed E-state index contributed by atoms with van der Waals surface area (Å²) in [4.78, 5) is 0. The SMILES string of the molecule is COc1cccc(CNC2CCCCCC2)c1OCc1ccc(Cl)cc1. The van der Waals surface area contributed by atoms with Gasteiger partial charge in [0, 0.05) is 23.2 Å². The predicted molar refractivity (Wildman–Crippen MR) is 107 cm³/mol. The monoisotopic (exact) mass is 373 g/mol. The van der Waals surface area contributed by atoms with Gasteiger partial charge >= 0.3 is 0 Å². The van der Waals surface area contributed by atoms with Crippen molar-refractivity contribution in [1.82, 2.24) is 5.32 Å². The van der Waals surface area contributed by atoms with Crippen LogP contribution in [0.4, 0.5) is 0 Å². The van der Waals surface area contributed by atoms with E-state index in [1.54, 1.807) is 7.11 Å². The van der Waals surface area contributed by atoms with Crippen molar-refractivity contribution in [3.8, 4) is 11.5 Å². The lowest BCUT2D eigenvalue weighted by Gasteiger charge is -2.19. The molecule has 0 bridgehead atoms. The van der Waals surface area contributed by atoms with E-state index in [0.29, 0.717) is 12.6 Å². The van der Waals surface area contributed by atoms with Gasteiger partial charge in [0.25, 0.3) is 0 Å². The molecule has 3 rings (SSSR count). The fourth-order valence-electron chi connectivity index (χ4n) is 3.50. The maximum atomic E-state index is 6.14. The summed E-state index contributed by atoms with van der Waals surface area (Å²) >= 11 is 5.96. The molecule has 1 aliphatic rings. The van der Waals surface area contributed by atoms with Crippen LogP contribution in [0.15, 0.2) is 42.5 Å². The molecule has 0 spiro atoms. The van der Waals surface area contributed by atoms with Gasteiger partial charge in [-0.2, -0.15) is 0 Å². The van der Waals surface area contributed by atoms with Crippen LogP contribution in [0, 0.1) is 0 Å². The molecule has 1 aliphatic carbocycles. The molecule has 0 unspecified atom stereocenters. The zero-order valence-corrected chi connectivity index (χ0v) is 16.2. The van der Waals surface area contributed by atoms with Crippen molar-refractivity contribution in [2.75, 3.05) is 7.11 Å². The van der Waals surface area contributed by atoms with Crippen molar-refractivity contribution >= 4 is 11.6 Å². The molecular formula is C22H28ClNO2. The predicted octanol–water partition coefficient (Wildman–Crippen LogP) is 5.74. The quantitative estimate of drug-likeness (QED) is 0.627. The normalized spacial score (nSPS) is 15.5. The van der Waals surface area contributed by atoms with Gasteiger partial charge in [0.05, 0.1) is 7.11 Å². The van der Waals surface area contributed by atoms with Crippen LogP contribution in [-0.4, -0.2) is 13.2 Å². The van der Waals surface area contributed by atoms with E-state index in [1.807, 2.05) is 36.4 Å². The average molecular weight is 374 g/mol. The summed E-state index contributed by atoms with van der Waals surface area (Å²) in [5.74, 6) is 1.60. The zero-order valence-electron chi connectivity index (χ0n) is 15.5. The summed E-state index contributed by atoms with van der Waals surface area (Å²) < 4.78 is 11.7. The topological polar surface area (TPSA) is 30.5 Å². The molecule has 0 atom stereocenters. The summed E-state index contributed by atoms with van der Waals surface area (Å²) in [6.07, 6.45) is 7.93. The average Bonchev–Trinajstić information content (AvgIpc) is 2.95. The number of para-hydroxylation sites is 1. The van der Waals surface area contributed by atoms with E-state index >= 15 is 0 Å². The fourth-order valence-corrected chi connectivity index (χ4v) is 3.62. The number of rotatable bonds is 7. The highest BCUT2D eigenvalue weighted by Crippen LogP contribution is 2.32. The lowest BCUT2D eigenvalue weighted by molar-refractivity contribution is 0.280. The molecule has 3 nitrogen and oxygen atoms in total. The van der Waals surface area contributed by atoms with Crippen LogP contribution >= 0.6 is 11.6 Å². The Morgan fingerprint density at radius 1 is 1.00 bits per heavy atom. The highest BCUT2D eigenvalue weighted by Gasteiger charge is 2.15. The summed E-state index contributed by atoms with van der Waals surface area (Å²) in [6, 6.07) is 14.4. The minimum Gasteiger partial charge on any atom is -0.493 e. The van der Waals surface area contributed by atoms with Crippen molar-refractivity contribution in [3.63, 3.8) is 0 Å². The van der Waals surface area contributed by atoms with E-state index in [1.165, 1.54) is 38.5 Å². The minimum atomic E-state index is 0.494. The molecule has 140 valence electrons. The number of nitrogens with one attached hydrogen (secondary N) is 1. The van der Waals surface area contributed by atoms with E-state index in [4.69, 9.17) is 21.1 Å². The molecule has 2 aromatic carbocycles. The van der Waals surface area contributed by atoms with Crippen molar-refractivity contribution in [3.05, 3.63) is 58.6 Å². The first kappa shape index (κ1) is 19.1. The van der Waals surface area contributed by atoms with Crippen LogP contribution in [0.2, 0.25) is 5.02 Å². The number of halogens is 1. The molecule has 4 heteroatoms. The molecule has 0 heterocycles. The molecule has 0 radical (unpaired) electrons. The van der Waals surface area contributed by atoms with Crippen molar-refractivity contribution in [1.29, 1.82) is 0 Å². The van der Waals surface area contributed by atoms with Crippen LogP contribution in [0.1, 0.15) is 49.7 Å². The Labute approximate surface area is 161 Å². The lowest BCUT2D eigenvalue weighted by Crippen LogP contribution is -2.28. The Hall–Kier alpha value is -1.71. The molecule has 1 saturated carbocycles. The summed E-state index contributed by atoms with van der Waals surface area (Å²) in [6.45, 7) is 1.30. The van der Waals surface area contributed by atoms with E-state index < -0.39 is 0 Å². The molecular weight excluding hydrogens is 346 g/mol.